The molecule has 9 nitrogen and oxygen atoms in total. The summed E-state index contributed by atoms with van der Waals surface area (Å²) in [6, 6.07) is 12.4. The number of halogens is 1. The molecule has 1 heterocycles. The van der Waals surface area contributed by atoms with Crippen molar-refractivity contribution in [3.05, 3.63) is 54.3 Å². The first kappa shape index (κ1) is 19.9. The lowest BCUT2D eigenvalue weighted by Crippen LogP contribution is -2.51. The van der Waals surface area contributed by atoms with Crippen molar-refractivity contribution >= 4 is 17.8 Å². The number of hydrazine groups is 1. The van der Waals surface area contributed by atoms with Crippen LogP contribution >= 0.6 is 0 Å². The van der Waals surface area contributed by atoms with E-state index in [0.717, 1.165) is 0 Å². The molecule has 0 unspecified atom stereocenters. The summed E-state index contributed by atoms with van der Waals surface area (Å²) in [5.74, 6) is -2.11. The van der Waals surface area contributed by atoms with Crippen molar-refractivity contribution in [2.75, 3.05) is 19.8 Å². The topological polar surface area (TPSA) is 112 Å². The highest BCUT2D eigenvalue weighted by Gasteiger charge is 2.27. The second kappa shape index (κ2) is 9.40. The summed E-state index contributed by atoms with van der Waals surface area (Å²) in [7, 11) is 0. The van der Waals surface area contributed by atoms with Gasteiger partial charge in [-0.25, -0.2) is 9.18 Å². The molecule has 0 saturated carbocycles. The number of nitrogens with one attached hydrogen (secondary N) is 2. The molecule has 1 atom stereocenters. The van der Waals surface area contributed by atoms with Gasteiger partial charge in [0.1, 0.15) is 6.61 Å². The fourth-order valence-corrected chi connectivity index (χ4v) is 2.28. The Morgan fingerprint density at radius 2 is 1.72 bits per heavy atom. The Hall–Kier alpha value is -3.82. The Labute approximate surface area is 164 Å². The van der Waals surface area contributed by atoms with Gasteiger partial charge in [-0.2, -0.15) is 0 Å². The van der Waals surface area contributed by atoms with E-state index in [1.165, 1.54) is 18.2 Å². The Morgan fingerprint density at radius 1 is 1.00 bits per heavy atom. The van der Waals surface area contributed by atoms with Crippen molar-refractivity contribution in [3.63, 3.8) is 0 Å². The SMILES string of the molecule is O=C(COC(=O)COc1ccccc1F)NNC(=O)[C@H]1COc2ccccc2O1. The maximum atomic E-state index is 13.4. The van der Waals surface area contributed by atoms with E-state index in [4.69, 9.17) is 14.2 Å². The fraction of sp³-hybridized carbons (Fsp3) is 0.211. The number of fused-ring (bicyclic) bond motifs is 1. The fourth-order valence-electron chi connectivity index (χ4n) is 2.28. The van der Waals surface area contributed by atoms with Crippen LogP contribution in [0.25, 0.3) is 0 Å². The monoisotopic (exact) mass is 404 g/mol. The molecule has 3 rings (SSSR count). The second-order valence-corrected chi connectivity index (χ2v) is 5.78. The predicted molar refractivity (Wildman–Crippen MR) is 95.5 cm³/mol. The van der Waals surface area contributed by atoms with Crippen LogP contribution in [-0.2, 0) is 19.1 Å². The van der Waals surface area contributed by atoms with Gasteiger partial charge in [0, 0.05) is 0 Å². The summed E-state index contributed by atoms with van der Waals surface area (Å²) in [6.45, 7) is -1.26. The molecule has 2 aromatic carbocycles. The van der Waals surface area contributed by atoms with Gasteiger partial charge in [-0.1, -0.05) is 24.3 Å². The molecule has 0 spiro atoms. The number of benzene rings is 2. The largest absolute Gasteiger partial charge is 0.485 e. The van der Waals surface area contributed by atoms with Crippen molar-refractivity contribution in [2.45, 2.75) is 6.10 Å². The number of esters is 1. The molecule has 0 radical (unpaired) electrons. The zero-order valence-electron chi connectivity index (χ0n) is 15.1. The lowest BCUT2D eigenvalue weighted by molar-refractivity contribution is -0.151. The summed E-state index contributed by atoms with van der Waals surface area (Å²) in [4.78, 5) is 35.3. The second-order valence-electron chi connectivity index (χ2n) is 5.78. The number of hydrogen-bond acceptors (Lipinski definition) is 7. The van der Waals surface area contributed by atoms with Gasteiger partial charge in [0.25, 0.3) is 11.8 Å². The van der Waals surface area contributed by atoms with Crippen LogP contribution in [0.5, 0.6) is 17.2 Å². The molecule has 152 valence electrons. The first-order valence-electron chi connectivity index (χ1n) is 8.53. The third-order valence-electron chi connectivity index (χ3n) is 3.67. The minimum Gasteiger partial charge on any atom is -0.485 e. The van der Waals surface area contributed by atoms with Gasteiger partial charge in [-0.3, -0.25) is 20.4 Å². The summed E-state index contributed by atoms with van der Waals surface area (Å²) in [5.41, 5.74) is 4.25. The highest BCUT2D eigenvalue weighted by atomic mass is 19.1. The number of para-hydroxylation sites is 3. The zero-order chi connectivity index (χ0) is 20.6. The summed E-state index contributed by atoms with van der Waals surface area (Å²) in [5, 5.41) is 0. The van der Waals surface area contributed by atoms with E-state index in [0.29, 0.717) is 11.5 Å². The zero-order valence-corrected chi connectivity index (χ0v) is 15.1. The van der Waals surface area contributed by atoms with Gasteiger partial charge in [0.15, 0.2) is 36.3 Å². The molecule has 1 aliphatic rings. The van der Waals surface area contributed by atoms with Gasteiger partial charge in [-0.05, 0) is 24.3 Å². The molecule has 10 heteroatoms. The van der Waals surface area contributed by atoms with Crippen LogP contribution < -0.4 is 25.1 Å². The Kier molecular flexibility index (Phi) is 6.46. The van der Waals surface area contributed by atoms with Gasteiger partial charge < -0.3 is 18.9 Å². The summed E-state index contributed by atoms with van der Waals surface area (Å²) < 4.78 is 33.9. The molecule has 2 N–H and O–H groups in total. The highest BCUT2D eigenvalue weighted by molar-refractivity contribution is 5.86. The van der Waals surface area contributed by atoms with Crippen LogP contribution in [0.2, 0.25) is 0 Å². The molecule has 0 bridgehead atoms. The third-order valence-corrected chi connectivity index (χ3v) is 3.67. The first-order valence-corrected chi connectivity index (χ1v) is 8.53. The molecule has 2 aromatic rings. The van der Waals surface area contributed by atoms with Crippen LogP contribution in [0.4, 0.5) is 4.39 Å². The van der Waals surface area contributed by atoms with Crippen molar-refractivity contribution in [3.8, 4) is 17.2 Å². The van der Waals surface area contributed by atoms with Gasteiger partial charge in [-0.15, -0.1) is 0 Å². The third kappa shape index (κ3) is 5.58. The number of ether oxygens (including phenoxy) is 4. The number of carbonyl (C=O) groups is 3. The minimum absolute atomic E-state index is 0.0267. The van der Waals surface area contributed by atoms with Crippen molar-refractivity contribution < 1.29 is 37.7 Å². The van der Waals surface area contributed by atoms with Crippen LogP contribution in [0.3, 0.4) is 0 Å². The number of hydrogen-bond donors (Lipinski definition) is 2. The molecular formula is C19H17FN2O7. The van der Waals surface area contributed by atoms with Crippen molar-refractivity contribution in [1.29, 1.82) is 0 Å². The van der Waals surface area contributed by atoms with Crippen LogP contribution in [0, 0.1) is 5.82 Å². The quantitative estimate of drug-likeness (QED) is 0.539. The van der Waals surface area contributed by atoms with E-state index in [-0.39, 0.29) is 12.4 Å². The Balaban J connectivity index is 1.35. The van der Waals surface area contributed by atoms with Gasteiger partial charge in [0.05, 0.1) is 0 Å². The molecular weight excluding hydrogens is 387 g/mol. The lowest BCUT2D eigenvalue weighted by atomic mass is 10.2. The lowest BCUT2D eigenvalue weighted by Gasteiger charge is -2.25. The smallest absolute Gasteiger partial charge is 0.344 e. The molecule has 0 saturated heterocycles. The maximum Gasteiger partial charge on any atom is 0.344 e. The molecule has 0 fully saturated rings. The molecule has 0 aliphatic carbocycles. The van der Waals surface area contributed by atoms with Crippen LogP contribution in [-0.4, -0.2) is 43.7 Å². The van der Waals surface area contributed by atoms with Gasteiger partial charge >= 0.3 is 5.97 Å². The highest BCUT2D eigenvalue weighted by Crippen LogP contribution is 2.30. The standard InChI is InChI=1S/C19H17FN2O7/c20-12-5-1-2-6-13(12)27-11-18(24)28-10-17(23)21-22-19(25)16-9-26-14-7-3-4-8-15(14)29-16/h1-8,16H,9-11H2,(H,21,23)(H,22,25)/t16-/m1/s1. The number of amides is 2. The van der Waals surface area contributed by atoms with Gasteiger partial charge in [0.2, 0.25) is 6.10 Å². The molecule has 29 heavy (non-hydrogen) atoms. The maximum absolute atomic E-state index is 13.4. The average molecular weight is 404 g/mol. The normalized spacial score (nSPS) is 14.4. The Morgan fingerprint density at radius 3 is 2.52 bits per heavy atom. The predicted octanol–water partition coefficient (Wildman–Crippen LogP) is 0.735. The van der Waals surface area contributed by atoms with E-state index in [2.05, 4.69) is 15.6 Å². The van der Waals surface area contributed by atoms with E-state index < -0.39 is 42.9 Å². The minimum atomic E-state index is -0.957. The van der Waals surface area contributed by atoms with Crippen LogP contribution in [0.15, 0.2) is 48.5 Å². The van der Waals surface area contributed by atoms with Crippen molar-refractivity contribution in [1.82, 2.24) is 10.9 Å². The molecule has 1 aliphatic heterocycles. The summed E-state index contributed by atoms with van der Waals surface area (Å²) >= 11 is 0. The van der Waals surface area contributed by atoms with E-state index in [1.807, 2.05) is 0 Å². The molecule has 0 aromatic heterocycles. The first-order chi connectivity index (χ1) is 14.0. The van der Waals surface area contributed by atoms with Crippen molar-refractivity contribution in [2.24, 2.45) is 0 Å². The summed E-state index contributed by atoms with van der Waals surface area (Å²) in [6.07, 6.45) is -0.957. The van der Waals surface area contributed by atoms with E-state index in [1.54, 1.807) is 30.3 Å². The Bertz CT molecular complexity index is 906. The average Bonchev–Trinajstić information content (AvgIpc) is 2.75. The van der Waals surface area contributed by atoms with Crippen LogP contribution in [0.1, 0.15) is 0 Å². The number of carbonyl (C=O) groups excluding carboxylic acids is 3. The van der Waals surface area contributed by atoms with E-state index >= 15 is 0 Å². The van der Waals surface area contributed by atoms with E-state index in [9.17, 15) is 18.8 Å². The number of rotatable bonds is 6. The molecule has 2 amide bonds.